The zero-order valence-electron chi connectivity index (χ0n) is 25.3. The van der Waals surface area contributed by atoms with Gasteiger partial charge in [-0.05, 0) is 60.4 Å². The third-order valence-electron chi connectivity index (χ3n) is 7.52. The highest BCUT2D eigenvalue weighted by atomic mass is 35.5. The van der Waals surface area contributed by atoms with Gasteiger partial charge in [0.25, 0.3) is 23.6 Å². The van der Waals surface area contributed by atoms with Crippen LogP contribution in [0, 0.1) is 22.7 Å². The Morgan fingerprint density at radius 2 is 1.02 bits per heavy atom. The SMILES string of the molecule is CC1=C(C#N)C(=O)N(N=Cc2ccc(Cl)cc2)C(=O)/C1=c1\o/c(=C2/C(=O)N(N=Cc3ccc(Cl)cc3)C(=O)C(C#N)=C2C)c2nccnc12. The van der Waals surface area contributed by atoms with Crippen molar-refractivity contribution in [1.82, 2.24) is 20.0 Å². The second-order valence-electron chi connectivity index (χ2n) is 10.4. The highest BCUT2D eigenvalue weighted by molar-refractivity contribution is 6.32. The Morgan fingerprint density at radius 3 is 1.37 bits per heavy atom. The monoisotopic (exact) mass is 688 g/mol. The number of fused-ring (bicyclic) bond motifs is 1. The zero-order valence-corrected chi connectivity index (χ0v) is 26.8. The van der Waals surface area contributed by atoms with Gasteiger partial charge in [-0.15, -0.1) is 0 Å². The molecular weight excluding hydrogens is 671 g/mol. The molecule has 4 amide bonds. The minimum absolute atomic E-state index is 0.00630. The van der Waals surface area contributed by atoms with Gasteiger partial charge in [0.05, 0.1) is 23.6 Å². The standard InChI is InChI=1S/C34H18Cl2N8O5/c1-17-23(13-37)31(45)43(41-15-19-3-7-21(35)8-4-19)33(47)25(17)29-27-28(40-12-11-39-27)30(49-29)26-18(2)24(14-38)32(46)44(34(26)48)42-16-20-5-9-22(36)10-6-20/h3-12,15-16H,1-2H3/b29-25-,30-26+,41-15?,42-16?. The molecule has 0 N–H and O–H groups in total. The number of aromatic nitrogens is 2. The number of rotatable bonds is 4. The molecule has 2 aromatic heterocycles. The highest BCUT2D eigenvalue weighted by Crippen LogP contribution is 2.28. The highest BCUT2D eigenvalue weighted by Gasteiger charge is 2.40. The normalized spacial score (nSPS) is 18.0. The van der Waals surface area contributed by atoms with E-state index in [2.05, 4.69) is 20.2 Å². The van der Waals surface area contributed by atoms with Gasteiger partial charge in [0.1, 0.15) is 34.3 Å². The van der Waals surface area contributed by atoms with E-state index in [9.17, 15) is 29.7 Å². The molecule has 0 spiro atoms. The van der Waals surface area contributed by atoms with E-state index in [4.69, 9.17) is 27.6 Å². The first-order valence-corrected chi connectivity index (χ1v) is 14.9. The maximum Gasteiger partial charge on any atom is 0.292 e. The molecule has 2 aliphatic heterocycles. The van der Waals surface area contributed by atoms with Crippen molar-refractivity contribution in [2.45, 2.75) is 13.8 Å². The summed E-state index contributed by atoms with van der Waals surface area (Å²) in [5.74, 6) is -3.84. The van der Waals surface area contributed by atoms with Crippen LogP contribution in [0.15, 0.2) is 97.8 Å². The molecule has 4 aromatic rings. The van der Waals surface area contributed by atoms with Crippen molar-refractivity contribution >= 4 is 81.4 Å². The molecule has 2 aromatic carbocycles. The third-order valence-corrected chi connectivity index (χ3v) is 8.02. The van der Waals surface area contributed by atoms with E-state index in [1.807, 2.05) is 12.1 Å². The molecule has 13 nitrogen and oxygen atoms in total. The maximum atomic E-state index is 14.0. The van der Waals surface area contributed by atoms with Crippen molar-refractivity contribution in [2.24, 2.45) is 10.2 Å². The Bertz CT molecular complexity index is 2310. The van der Waals surface area contributed by atoms with E-state index in [1.165, 1.54) is 38.7 Å². The smallest absolute Gasteiger partial charge is 0.292 e. The number of benzene rings is 2. The van der Waals surface area contributed by atoms with Gasteiger partial charge in [-0.3, -0.25) is 19.2 Å². The van der Waals surface area contributed by atoms with E-state index in [-0.39, 0.29) is 44.2 Å². The van der Waals surface area contributed by atoms with Crippen LogP contribution in [0.1, 0.15) is 25.0 Å². The lowest BCUT2D eigenvalue weighted by atomic mass is 9.96. The number of carbonyl (C=O) groups excluding carboxylic acids is 4. The van der Waals surface area contributed by atoms with Crippen LogP contribution in [-0.2, 0) is 19.2 Å². The molecule has 4 heterocycles. The Labute approximate surface area is 286 Å². The number of hydrogen-bond acceptors (Lipinski definition) is 11. The summed E-state index contributed by atoms with van der Waals surface area (Å²) < 4.78 is 6.19. The number of furan rings is 1. The van der Waals surface area contributed by atoms with Gasteiger partial charge in [-0.25, -0.2) is 9.97 Å². The Balaban J connectivity index is 1.61. The van der Waals surface area contributed by atoms with E-state index < -0.39 is 34.8 Å². The molecule has 0 unspecified atom stereocenters. The Morgan fingerprint density at radius 1 is 0.653 bits per heavy atom. The van der Waals surface area contributed by atoms with Crippen LogP contribution in [0.5, 0.6) is 0 Å². The molecule has 6 rings (SSSR count). The number of nitriles is 2. The van der Waals surface area contributed by atoms with Crippen LogP contribution in [0.25, 0.3) is 22.2 Å². The fourth-order valence-electron chi connectivity index (χ4n) is 5.06. The molecule has 0 aliphatic carbocycles. The first-order chi connectivity index (χ1) is 23.5. The van der Waals surface area contributed by atoms with Gasteiger partial charge in [0, 0.05) is 22.4 Å². The number of carbonyl (C=O) groups is 4. The van der Waals surface area contributed by atoms with Crippen molar-refractivity contribution in [3.63, 3.8) is 0 Å². The number of hydrogen-bond donors (Lipinski definition) is 0. The average Bonchev–Trinajstić information content (AvgIpc) is 3.45. The van der Waals surface area contributed by atoms with Crippen LogP contribution in [0.4, 0.5) is 0 Å². The fourth-order valence-corrected chi connectivity index (χ4v) is 5.31. The predicted molar refractivity (Wildman–Crippen MR) is 176 cm³/mol. The third kappa shape index (κ3) is 5.70. The summed E-state index contributed by atoms with van der Waals surface area (Å²) in [6.07, 6.45) is 5.12. The summed E-state index contributed by atoms with van der Waals surface area (Å²) in [5.41, 5.74) is -0.800. The molecule has 0 atom stereocenters. The zero-order chi connectivity index (χ0) is 35.0. The molecule has 0 bridgehead atoms. The minimum Gasteiger partial charge on any atom is -0.451 e. The average molecular weight is 689 g/mol. The summed E-state index contributed by atoms with van der Waals surface area (Å²) in [6.45, 7) is 2.77. The molecule has 49 heavy (non-hydrogen) atoms. The van der Waals surface area contributed by atoms with Gasteiger partial charge in [0.2, 0.25) is 0 Å². The molecule has 238 valence electrons. The summed E-state index contributed by atoms with van der Waals surface area (Å²) in [5, 5.41) is 29.9. The number of nitrogens with zero attached hydrogens (tertiary/aromatic N) is 8. The lowest BCUT2D eigenvalue weighted by molar-refractivity contribution is -0.140. The lowest BCUT2D eigenvalue weighted by Gasteiger charge is -2.22. The maximum absolute atomic E-state index is 14.0. The van der Waals surface area contributed by atoms with Crippen molar-refractivity contribution in [1.29, 1.82) is 10.5 Å². The quantitative estimate of drug-likeness (QED) is 0.229. The van der Waals surface area contributed by atoms with Gasteiger partial charge in [-0.1, -0.05) is 47.5 Å². The van der Waals surface area contributed by atoms with Crippen molar-refractivity contribution < 1.29 is 23.6 Å². The van der Waals surface area contributed by atoms with Gasteiger partial charge in [0.15, 0.2) is 10.8 Å². The Hall–Kier alpha value is -6.54. The van der Waals surface area contributed by atoms with Gasteiger partial charge in [-0.2, -0.15) is 30.7 Å². The molecular formula is C34H18Cl2N8O5. The Kier molecular flexibility index (Phi) is 8.55. The fraction of sp³-hybridized carbons (Fsp3) is 0.0588. The predicted octanol–water partition coefficient (Wildman–Crippen LogP) is 3.32. The summed E-state index contributed by atoms with van der Waals surface area (Å²) in [7, 11) is 0. The molecule has 0 saturated carbocycles. The summed E-state index contributed by atoms with van der Waals surface area (Å²) >= 11 is 11.9. The van der Waals surface area contributed by atoms with Crippen LogP contribution < -0.4 is 10.8 Å². The van der Waals surface area contributed by atoms with Gasteiger partial charge < -0.3 is 4.42 Å². The number of imide groups is 2. The molecule has 0 saturated heterocycles. The summed E-state index contributed by atoms with van der Waals surface area (Å²) in [6, 6.07) is 16.5. The first kappa shape index (κ1) is 32.4. The lowest BCUT2D eigenvalue weighted by Crippen LogP contribution is -2.41. The van der Waals surface area contributed by atoms with Crippen molar-refractivity contribution in [2.75, 3.05) is 0 Å². The van der Waals surface area contributed by atoms with Gasteiger partial charge >= 0.3 is 0 Å². The van der Waals surface area contributed by atoms with E-state index in [1.54, 1.807) is 48.5 Å². The van der Waals surface area contributed by atoms with E-state index >= 15 is 0 Å². The van der Waals surface area contributed by atoms with Crippen LogP contribution >= 0.6 is 23.2 Å². The number of halogens is 2. The van der Waals surface area contributed by atoms with Crippen LogP contribution in [0.2, 0.25) is 10.0 Å². The molecule has 0 radical (unpaired) electrons. The van der Waals surface area contributed by atoms with Crippen LogP contribution in [0.3, 0.4) is 0 Å². The van der Waals surface area contributed by atoms with Crippen LogP contribution in [-0.4, -0.2) is 56.0 Å². The summed E-state index contributed by atoms with van der Waals surface area (Å²) in [4.78, 5) is 63.0. The first-order valence-electron chi connectivity index (χ1n) is 14.1. The number of amides is 4. The second kappa shape index (κ2) is 12.9. The van der Waals surface area contributed by atoms with Crippen molar-refractivity contribution in [3.05, 3.63) is 115 Å². The van der Waals surface area contributed by atoms with E-state index in [0.29, 0.717) is 31.2 Å². The second-order valence-corrected chi connectivity index (χ2v) is 11.3. The minimum atomic E-state index is -0.969. The molecule has 15 heteroatoms. The largest absolute Gasteiger partial charge is 0.451 e. The molecule has 0 fully saturated rings. The van der Waals surface area contributed by atoms with Crippen molar-refractivity contribution in [3.8, 4) is 12.1 Å². The number of hydrazone groups is 2. The molecule has 2 aliphatic rings. The topological polar surface area (TPSA) is 186 Å². The van der Waals surface area contributed by atoms with E-state index in [0.717, 1.165) is 0 Å².